The summed E-state index contributed by atoms with van der Waals surface area (Å²) < 4.78 is 0. The van der Waals surface area contributed by atoms with E-state index in [9.17, 15) is 0 Å². The quantitative estimate of drug-likeness (QED) is 0.548. The highest BCUT2D eigenvalue weighted by Gasteiger charge is 2.24. The van der Waals surface area contributed by atoms with Crippen molar-refractivity contribution in [2.45, 2.75) is 19.0 Å². The highest BCUT2D eigenvalue weighted by molar-refractivity contribution is 4.84. The van der Waals surface area contributed by atoms with Gasteiger partial charge in [-0.1, -0.05) is 0 Å². The Morgan fingerprint density at radius 2 is 2.30 bits per heavy atom. The van der Waals surface area contributed by atoms with Crippen molar-refractivity contribution < 1.29 is 5.11 Å². The molecule has 0 bridgehead atoms. The van der Waals surface area contributed by atoms with Crippen molar-refractivity contribution in [3.63, 3.8) is 0 Å². The molecular formula is C7H16N2O. The van der Waals surface area contributed by atoms with Gasteiger partial charge in [0.05, 0.1) is 6.61 Å². The van der Waals surface area contributed by atoms with Crippen molar-refractivity contribution in [2.24, 2.45) is 0 Å². The van der Waals surface area contributed by atoms with Crippen LogP contribution in [0.3, 0.4) is 0 Å². The minimum atomic E-state index is 0.257. The van der Waals surface area contributed by atoms with E-state index in [-0.39, 0.29) is 6.61 Å². The molecule has 1 fully saturated rings. The van der Waals surface area contributed by atoms with Gasteiger partial charge in [-0.15, -0.1) is 0 Å². The molecule has 1 rings (SSSR count). The van der Waals surface area contributed by atoms with Crippen LogP contribution in [-0.4, -0.2) is 48.8 Å². The third-order valence-corrected chi connectivity index (χ3v) is 2.30. The Morgan fingerprint density at radius 3 is 2.60 bits per heavy atom. The van der Waals surface area contributed by atoms with Gasteiger partial charge in [0.25, 0.3) is 0 Å². The van der Waals surface area contributed by atoms with Crippen molar-refractivity contribution in [3.05, 3.63) is 0 Å². The second-order valence-corrected chi connectivity index (χ2v) is 3.01. The average Bonchev–Trinajstić information content (AvgIpc) is 1.82. The maximum Gasteiger partial charge on any atom is 0.0584 e. The van der Waals surface area contributed by atoms with Crippen LogP contribution in [0.15, 0.2) is 0 Å². The van der Waals surface area contributed by atoms with Gasteiger partial charge < -0.3 is 10.4 Å². The zero-order chi connectivity index (χ0) is 7.56. The minimum absolute atomic E-state index is 0.257. The number of hydrogen-bond acceptors (Lipinski definition) is 3. The highest BCUT2D eigenvalue weighted by Crippen LogP contribution is 2.05. The van der Waals surface area contributed by atoms with Gasteiger partial charge in [-0.3, -0.25) is 4.90 Å². The third kappa shape index (κ3) is 1.48. The molecule has 0 aromatic carbocycles. The molecular weight excluding hydrogens is 128 g/mol. The molecule has 1 aliphatic heterocycles. The molecule has 1 unspecified atom stereocenters. The molecule has 1 atom stereocenters. The van der Waals surface area contributed by atoms with Gasteiger partial charge >= 0.3 is 0 Å². The summed E-state index contributed by atoms with van der Waals surface area (Å²) in [6, 6.07) is 0.939. The van der Waals surface area contributed by atoms with Crippen molar-refractivity contribution in [3.8, 4) is 0 Å². The molecule has 0 saturated carbocycles. The summed E-state index contributed by atoms with van der Waals surface area (Å²) in [6.07, 6.45) is 0. The lowest BCUT2D eigenvalue weighted by molar-refractivity contribution is 0.0927. The van der Waals surface area contributed by atoms with E-state index in [1.165, 1.54) is 0 Å². The van der Waals surface area contributed by atoms with Gasteiger partial charge in [-0.2, -0.15) is 0 Å². The van der Waals surface area contributed by atoms with Crippen LogP contribution >= 0.6 is 0 Å². The van der Waals surface area contributed by atoms with E-state index in [0.717, 1.165) is 13.1 Å². The van der Waals surface area contributed by atoms with E-state index < -0.39 is 0 Å². The lowest BCUT2D eigenvalue weighted by Crippen LogP contribution is -2.58. The zero-order valence-corrected chi connectivity index (χ0v) is 6.67. The first-order valence-electron chi connectivity index (χ1n) is 3.79. The molecule has 0 amide bonds. The number of likely N-dealkylation sites (N-methyl/N-ethyl adjacent to an activating group) is 1. The molecule has 10 heavy (non-hydrogen) atoms. The summed E-state index contributed by atoms with van der Waals surface area (Å²) in [5.74, 6) is 0. The first-order valence-corrected chi connectivity index (χ1v) is 3.79. The Kier molecular flexibility index (Phi) is 2.65. The zero-order valence-electron chi connectivity index (χ0n) is 6.67. The van der Waals surface area contributed by atoms with Crippen LogP contribution in [0.25, 0.3) is 0 Å². The summed E-state index contributed by atoms with van der Waals surface area (Å²) >= 11 is 0. The van der Waals surface area contributed by atoms with Crippen molar-refractivity contribution in [2.75, 3.05) is 26.7 Å². The maximum atomic E-state index is 8.81. The average molecular weight is 144 g/mol. The normalized spacial score (nSPS) is 22.8. The fraction of sp³-hybridized carbons (Fsp3) is 1.00. The van der Waals surface area contributed by atoms with Crippen molar-refractivity contribution in [1.82, 2.24) is 10.2 Å². The fourth-order valence-corrected chi connectivity index (χ4v) is 1.05. The Bertz CT molecular complexity index is 99.0. The molecule has 1 heterocycles. The van der Waals surface area contributed by atoms with Crippen LogP contribution in [0.5, 0.6) is 0 Å². The Morgan fingerprint density at radius 1 is 1.70 bits per heavy atom. The SMILES string of the molecule is CC(CO)N(C)C1CNC1. The van der Waals surface area contributed by atoms with Crippen LogP contribution in [-0.2, 0) is 0 Å². The topological polar surface area (TPSA) is 35.5 Å². The first-order chi connectivity index (χ1) is 4.75. The van der Waals surface area contributed by atoms with Crippen molar-refractivity contribution in [1.29, 1.82) is 0 Å². The van der Waals surface area contributed by atoms with Crippen LogP contribution < -0.4 is 5.32 Å². The standard InChI is InChI=1S/C7H16N2O/c1-6(5-10)9(2)7-3-8-4-7/h6-8,10H,3-5H2,1-2H3. The fourth-order valence-electron chi connectivity index (χ4n) is 1.05. The molecule has 0 aromatic heterocycles. The van der Waals surface area contributed by atoms with E-state index >= 15 is 0 Å². The van der Waals surface area contributed by atoms with Crippen LogP contribution in [0.2, 0.25) is 0 Å². The molecule has 3 heteroatoms. The largest absolute Gasteiger partial charge is 0.395 e. The summed E-state index contributed by atoms with van der Waals surface area (Å²) in [5, 5.41) is 12.0. The second kappa shape index (κ2) is 3.32. The highest BCUT2D eigenvalue weighted by atomic mass is 16.3. The molecule has 60 valence electrons. The molecule has 3 nitrogen and oxygen atoms in total. The Hall–Kier alpha value is -0.120. The molecule has 2 N–H and O–H groups in total. The monoisotopic (exact) mass is 144 g/mol. The number of hydrogen-bond donors (Lipinski definition) is 2. The number of aliphatic hydroxyl groups excluding tert-OH is 1. The van der Waals surface area contributed by atoms with Gasteiger partial charge in [-0.25, -0.2) is 0 Å². The number of nitrogens with zero attached hydrogens (tertiary/aromatic N) is 1. The van der Waals surface area contributed by atoms with Crippen LogP contribution in [0.1, 0.15) is 6.92 Å². The van der Waals surface area contributed by atoms with Gasteiger partial charge in [0.15, 0.2) is 0 Å². The first kappa shape index (κ1) is 7.98. The third-order valence-electron chi connectivity index (χ3n) is 2.30. The van der Waals surface area contributed by atoms with Gasteiger partial charge in [-0.05, 0) is 14.0 Å². The predicted molar refractivity (Wildman–Crippen MR) is 41.0 cm³/mol. The van der Waals surface area contributed by atoms with E-state index in [2.05, 4.69) is 17.3 Å². The molecule has 0 aliphatic carbocycles. The van der Waals surface area contributed by atoms with Gasteiger partial charge in [0.2, 0.25) is 0 Å². The second-order valence-electron chi connectivity index (χ2n) is 3.01. The van der Waals surface area contributed by atoms with E-state index in [0.29, 0.717) is 12.1 Å². The lowest BCUT2D eigenvalue weighted by Gasteiger charge is -2.38. The summed E-state index contributed by atoms with van der Waals surface area (Å²) in [5.41, 5.74) is 0. The van der Waals surface area contributed by atoms with Crippen molar-refractivity contribution >= 4 is 0 Å². The van der Waals surface area contributed by atoms with Gasteiger partial charge in [0, 0.05) is 25.2 Å². The van der Waals surface area contributed by atoms with Crippen LogP contribution in [0, 0.1) is 0 Å². The molecule has 1 saturated heterocycles. The minimum Gasteiger partial charge on any atom is -0.395 e. The summed E-state index contributed by atoms with van der Waals surface area (Å²) in [7, 11) is 2.06. The predicted octanol–water partition coefficient (Wildman–Crippen LogP) is -0.729. The van der Waals surface area contributed by atoms with E-state index in [1.54, 1.807) is 0 Å². The Balaban J connectivity index is 2.24. The summed E-state index contributed by atoms with van der Waals surface area (Å²) in [6.45, 7) is 4.44. The number of aliphatic hydroxyl groups is 1. The maximum absolute atomic E-state index is 8.81. The van der Waals surface area contributed by atoms with E-state index in [4.69, 9.17) is 5.11 Å². The summed E-state index contributed by atoms with van der Waals surface area (Å²) in [4.78, 5) is 2.22. The van der Waals surface area contributed by atoms with Gasteiger partial charge in [0.1, 0.15) is 0 Å². The van der Waals surface area contributed by atoms with Crippen LogP contribution in [0.4, 0.5) is 0 Å². The lowest BCUT2D eigenvalue weighted by atomic mass is 10.1. The molecule has 0 radical (unpaired) electrons. The molecule has 0 aromatic rings. The Labute approximate surface area is 62.0 Å². The van der Waals surface area contributed by atoms with E-state index in [1.807, 2.05) is 6.92 Å². The number of nitrogens with one attached hydrogen (secondary N) is 1. The molecule has 0 spiro atoms. The smallest absolute Gasteiger partial charge is 0.0584 e. The molecule has 1 aliphatic rings. The number of rotatable bonds is 3.